The van der Waals surface area contributed by atoms with Crippen LogP contribution in [0.5, 0.6) is 0 Å². The van der Waals surface area contributed by atoms with Crippen LogP contribution in [-0.4, -0.2) is 35.4 Å². The maximum atomic E-state index is 4.25. The Morgan fingerprint density at radius 3 is 2.73 bits per heavy atom. The zero-order valence-corrected chi connectivity index (χ0v) is 9.62. The van der Waals surface area contributed by atoms with Gasteiger partial charge in [-0.25, -0.2) is 0 Å². The molecule has 0 aromatic carbocycles. The predicted molar refractivity (Wildman–Crippen MR) is 61.1 cm³/mol. The Labute approximate surface area is 90.7 Å². The van der Waals surface area contributed by atoms with Crippen LogP contribution in [0.3, 0.4) is 0 Å². The number of aromatic nitrogens is 2. The van der Waals surface area contributed by atoms with Crippen LogP contribution in [0, 0.1) is 6.92 Å². The molecule has 2 rings (SSSR count). The molecule has 0 atom stereocenters. The summed E-state index contributed by atoms with van der Waals surface area (Å²) in [5, 5.41) is 11.7. The molecular formula is C11H18N4. The number of nitrogens with zero attached hydrogens (tertiary/aromatic N) is 3. The van der Waals surface area contributed by atoms with Crippen molar-refractivity contribution < 1.29 is 0 Å². The molecule has 0 unspecified atom stereocenters. The normalized spacial score (nSPS) is 20.3. The fourth-order valence-corrected chi connectivity index (χ4v) is 1.94. The smallest absolute Gasteiger partial charge is 0.151 e. The molecule has 1 saturated heterocycles. The zero-order valence-electron chi connectivity index (χ0n) is 9.62. The summed E-state index contributed by atoms with van der Waals surface area (Å²) in [7, 11) is 0. The number of piperazine rings is 1. The van der Waals surface area contributed by atoms with Gasteiger partial charge in [0.15, 0.2) is 5.82 Å². The van der Waals surface area contributed by atoms with Crippen LogP contribution in [0.4, 0.5) is 5.82 Å². The first-order chi connectivity index (χ1) is 7.09. The third kappa shape index (κ3) is 2.09. The van der Waals surface area contributed by atoms with Crippen molar-refractivity contribution in [3.05, 3.63) is 17.8 Å². The fraction of sp³-hybridized carbons (Fsp3) is 0.636. The minimum absolute atomic E-state index is 0.113. The molecule has 0 saturated carbocycles. The molecule has 0 bridgehead atoms. The van der Waals surface area contributed by atoms with Gasteiger partial charge >= 0.3 is 0 Å². The lowest BCUT2D eigenvalue weighted by molar-refractivity contribution is 0.377. The highest BCUT2D eigenvalue weighted by molar-refractivity contribution is 5.41. The van der Waals surface area contributed by atoms with Gasteiger partial charge < -0.3 is 10.2 Å². The van der Waals surface area contributed by atoms with Crippen molar-refractivity contribution in [2.24, 2.45) is 0 Å². The summed E-state index contributed by atoms with van der Waals surface area (Å²) in [6.07, 6.45) is 0. The summed E-state index contributed by atoms with van der Waals surface area (Å²) in [6, 6.07) is 4.07. The average molecular weight is 206 g/mol. The minimum Gasteiger partial charge on any atom is -0.347 e. The Hall–Kier alpha value is -1.16. The zero-order chi connectivity index (χ0) is 10.9. The number of hydrogen-bond acceptors (Lipinski definition) is 4. The van der Waals surface area contributed by atoms with E-state index in [1.807, 2.05) is 13.0 Å². The second-order valence-electron chi connectivity index (χ2n) is 4.67. The van der Waals surface area contributed by atoms with E-state index in [1.165, 1.54) is 0 Å². The minimum atomic E-state index is 0.113. The van der Waals surface area contributed by atoms with Crippen molar-refractivity contribution in [1.82, 2.24) is 15.5 Å². The Balaban J connectivity index is 2.25. The van der Waals surface area contributed by atoms with Gasteiger partial charge in [0.1, 0.15) is 0 Å². The summed E-state index contributed by atoms with van der Waals surface area (Å²) in [5.41, 5.74) is 1.08. The first-order valence-corrected chi connectivity index (χ1v) is 5.38. The van der Waals surface area contributed by atoms with Crippen LogP contribution in [0.2, 0.25) is 0 Å². The number of nitrogens with one attached hydrogen (secondary N) is 1. The Bertz CT molecular complexity index is 331. The van der Waals surface area contributed by atoms with Crippen LogP contribution in [0.25, 0.3) is 0 Å². The highest BCUT2D eigenvalue weighted by Gasteiger charge is 2.30. The van der Waals surface area contributed by atoms with Gasteiger partial charge in [0.25, 0.3) is 0 Å². The molecule has 0 spiro atoms. The molecule has 0 radical (unpaired) electrons. The van der Waals surface area contributed by atoms with Crippen LogP contribution >= 0.6 is 0 Å². The van der Waals surface area contributed by atoms with Gasteiger partial charge in [0.05, 0.1) is 5.69 Å². The van der Waals surface area contributed by atoms with E-state index in [1.54, 1.807) is 0 Å². The van der Waals surface area contributed by atoms with Gasteiger partial charge in [-0.1, -0.05) is 0 Å². The summed E-state index contributed by atoms with van der Waals surface area (Å²) in [5.74, 6) is 0.979. The van der Waals surface area contributed by atoms with Crippen molar-refractivity contribution in [1.29, 1.82) is 0 Å². The summed E-state index contributed by atoms with van der Waals surface area (Å²) in [6.45, 7) is 9.40. The van der Waals surface area contributed by atoms with E-state index >= 15 is 0 Å². The quantitative estimate of drug-likeness (QED) is 0.743. The molecule has 1 N–H and O–H groups in total. The summed E-state index contributed by atoms with van der Waals surface area (Å²) in [4.78, 5) is 2.32. The summed E-state index contributed by atoms with van der Waals surface area (Å²) < 4.78 is 0. The van der Waals surface area contributed by atoms with Crippen molar-refractivity contribution in [2.75, 3.05) is 24.5 Å². The molecule has 1 fully saturated rings. The van der Waals surface area contributed by atoms with Crippen molar-refractivity contribution in [3.63, 3.8) is 0 Å². The first-order valence-electron chi connectivity index (χ1n) is 5.38. The largest absolute Gasteiger partial charge is 0.347 e. The van der Waals surface area contributed by atoms with E-state index < -0.39 is 0 Å². The molecule has 1 aliphatic heterocycles. The van der Waals surface area contributed by atoms with Gasteiger partial charge in [-0.2, -0.15) is 5.10 Å². The van der Waals surface area contributed by atoms with E-state index in [2.05, 4.69) is 40.3 Å². The van der Waals surface area contributed by atoms with Crippen LogP contribution < -0.4 is 10.2 Å². The number of aryl methyl sites for hydroxylation is 1. The van der Waals surface area contributed by atoms with Gasteiger partial charge in [0.2, 0.25) is 0 Å². The molecule has 2 heterocycles. The van der Waals surface area contributed by atoms with Crippen molar-refractivity contribution in [2.45, 2.75) is 26.3 Å². The lowest BCUT2D eigenvalue weighted by atomic mass is 10.0. The topological polar surface area (TPSA) is 41.0 Å². The van der Waals surface area contributed by atoms with Crippen LogP contribution in [-0.2, 0) is 0 Å². The molecule has 4 nitrogen and oxygen atoms in total. The molecule has 0 amide bonds. The van der Waals surface area contributed by atoms with Crippen LogP contribution in [0.15, 0.2) is 12.1 Å². The number of rotatable bonds is 1. The Morgan fingerprint density at radius 2 is 2.13 bits per heavy atom. The van der Waals surface area contributed by atoms with E-state index in [-0.39, 0.29) is 5.54 Å². The fourth-order valence-electron chi connectivity index (χ4n) is 1.94. The van der Waals surface area contributed by atoms with Gasteiger partial charge in [-0.3, -0.25) is 0 Å². The average Bonchev–Trinajstić information content (AvgIpc) is 2.19. The third-order valence-corrected chi connectivity index (χ3v) is 2.86. The molecule has 1 aliphatic rings. The van der Waals surface area contributed by atoms with Gasteiger partial charge in [0, 0.05) is 25.2 Å². The highest BCUT2D eigenvalue weighted by atomic mass is 15.3. The predicted octanol–water partition coefficient (Wildman–Crippen LogP) is 0.973. The Kier molecular flexibility index (Phi) is 2.61. The van der Waals surface area contributed by atoms with Crippen LogP contribution in [0.1, 0.15) is 19.5 Å². The van der Waals surface area contributed by atoms with E-state index in [9.17, 15) is 0 Å². The van der Waals surface area contributed by atoms with Gasteiger partial charge in [-0.05, 0) is 32.9 Å². The van der Waals surface area contributed by atoms with E-state index in [4.69, 9.17) is 0 Å². The lowest BCUT2D eigenvalue weighted by Crippen LogP contribution is -2.58. The first kappa shape index (κ1) is 10.4. The van der Waals surface area contributed by atoms with Crippen molar-refractivity contribution in [3.8, 4) is 0 Å². The molecule has 82 valence electrons. The van der Waals surface area contributed by atoms with E-state index in [0.29, 0.717) is 0 Å². The molecule has 15 heavy (non-hydrogen) atoms. The molecule has 4 heteroatoms. The summed E-state index contributed by atoms with van der Waals surface area (Å²) >= 11 is 0. The second kappa shape index (κ2) is 3.77. The number of anilines is 1. The van der Waals surface area contributed by atoms with E-state index in [0.717, 1.165) is 31.1 Å². The molecule has 0 aliphatic carbocycles. The lowest BCUT2D eigenvalue weighted by Gasteiger charge is -2.43. The highest BCUT2D eigenvalue weighted by Crippen LogP contribution is 2.22. The maximum Gasteiger partial charge on any atom is 0.151 e. The third-order valence-electron chi connectivity index (χ3n) is 2.86. The Morgan fingerprint density at radius 1 is 1.33 bits per heavy atom. The number of hydrogen-bond donors (Lipinski definition) is 1. The molecular weight excluding hydrogens is 188 g/mol. The SMILES string of the molecule is Cc1ccc(N2CCNCC2(C)C)nn1. The second-order valence-corrected chi connectivity index (χ2v) is 4.67. The maximum absolute atomic E-state index is 4.25. The monoisotopic (exact) mass is 206 g/mol. The van der Waals surface area contributed by atoms with Crippen molar-refractivity contribution >= 4 is 5.82 Å². The standard InChI is InChI=1S/C11H18N4/c1-9-4-5-10(14-13-9)15-7-6-12-8-11(15,2)3/h4-5,12H,6-8H2,1-3H3. The molecule has 1 aromatic heterocycles. The van der Waals surface area contributed by atoms with Gasteiger partial charge in [-0.15, -0.1) is 5.10 Å². The molecule has 1 aromatic rings.